The predicted molar refractivity (Wildman–Crippen MR) is 71.8 cm³/mol. The van der Waals surface area contributed by atoms with Gasteiger partial charge in [-0.05, 0) is 26.7 Å². The lowest BCUT2D eigenvalue weighted by atomic mass is 10.1. The van der Waals surface area contributed by atoms with E-state index in [1.807, 2.05) is 0 Å². The van der Waals surface area contributed by atoms with Crippen LogP contribution in [-0.2, 0) is 4.79 Å². The first-order chi connectivity index (χ1) is 7.61. The number of Topliss-reactive ketones (excluding diaryl/α,β-unsaturated/α-hetero) is 1. The maximum atomic E-state index is 11.7. The summed E-state index contributed by atoms with van der Waals surface area (Å²) in [5.74, 6) is 0.317. The Kier molecular flexibility index (Phi) is 5.96. The molecule has 0 bridgehead atoms. The molecule has 0 amide bonds. The second kappa shape index (κ2) is 7.00. The van der Waals surface area contributed by atoms with Gasteiger partial charge in [-0.1, -0.05) is 31.5 Å². The minimum absolute atomic E-state index is 0.317. The van der Waals surface area contributed by atoms with Crippen molar-refractivity contribution in [1.29, 1.82) is 0 Å². The van der Waals surface area contributed by atoms with E-state index in [2.05, 4.69) is 18.7 Å². The molecule has 92 valence electrons. The van der Waals surface area contributed by atoms with Gasteiger partial charge >= 0.3 is 0 Å². The summed E-state index contributed by atoms with van der Waals surface area (Å²) in [5.41, 5.74) is 0. The summed E-state index contributed by atoms with van der Waals surface area (Å²) in [7, 11) is 0. The van der Waals surface area contributed by atoms with Crippen LogP contribution in [0.15, 0.2) is 0 Å². The van der Waals surface area contributed by atoms with Crippen LogP contribution in [0.5, 0.6) is 0 Å². The van der Waals surface area contributed by atoms with Crippen LogP contribution in [0.2, 0.25) is 0 Å². The second-order valence-electron chi connectivity index (χ2n) is 4.91. The van der Waals surface area contributed by atoms with Crippen molar-refractivity contribution in [3.8, 4) is 0 Å². The van der Waals surface area contributed by atoms with Crippen molar-refractivity contribution in [2.24, 2.45) is 0 Å². The van der Waals surface area contributed by atoms with Crippen LogP contribution in [0.1, 0.15) is 58.8 Å². The van der Waals surface area contributed by atoms with E-state index in [0.29, 0.717) is 24.7 Å². The first kappa shape index (κ1) is 13.6. The molecule has 0 aliphatic carbocycles. The lowest BCUT2D eigenvalue weighted by Crippen LogP contribution is -2.37. The fraction of sp³-hybridized carbons (Fsp3) is 0.846. The molecule has 0 aromatic carbocycles. The first-order valence-corrected chi connectivity index (χ1v) is 6.83. The SMILES string of the molecule is CC(C)N1CCCCCCCC(=O)CC1=S. The number of thiocarbonyl (C=S) groups is 1. The summed E-state index contributed by atoms with van der Waals surface area (Å²) in [6, 6.07) is 0.418. The van der Waals surface area contributed by atoms with E-state index in [0.717, 1.165) is 18.0 Å². The van der Waals surface area contributed by atoms with Crippen molar-refractivity contribution < 1.29 is 4.79 Å². The largest absolute Gasteiger partial charge is 0.363 e. The van der Waals surface area contributed by atoms with Crippen molar-refractivity contribution in [3.05, 3.63) is 0 Å². The first-order valence-electron chi connectivity index (χ1n) is 6.42. The van der Waals surface area contributed by atoms with Gasteiger partial charge in [0.05, 0.1) is 11.4 Å². The molecule has 0 radical (unpaired) electrons. The van der Waals surface area contributed by atoms with Gasteiger partial charge in [-0.15, -0.1) is 0 Å². The molecule has 3 heteroatoms. The van der Waals surface area contributed by atoms with Gasteiger partial charge in [-0.3, -0.25) is 4.79 Å². The zero-order chi connectivity index (χ0) is 12.0. The molecule has 0 aromatic heterocycles. The Morgan fingerprint density at radius 3 is 2.44 bits per heavy atom. The quantitative estimate of drug-likeness (QED) is 0.657. The maximum Gasteiger partial charge on any atom is 0.139 e. The van der Waals surface area contributed by atoms with Crippen molar-refractivity contribution in [2.75, 3.05) is 6.54 Å². The van der Waals surface area contributed by atoms with Crippen LogP contribution in [0.3, 0.4) is 0 Å². The van der Waals surface area contributed by atoms with E-state index in [4.69, 9.17) is 12.2 Å². The van der Waals surface area contributed by atoms with Gasteiger partial charge in [0.2, 0.25) is 0 Å². The summed E-state index contributed by atoms with van der Waals surface area (Å²) in [5, 5.41) is 0. The third-order valence-electron chi connectivity index (χ3n) is 3.15. The number of ketones is 1. The Hall–Kier alpha value is -0.440. The minimum Gasteiger partial charge on any atom is -0.363 e. The van der Waals surface area contributed by atoms with Crippen molar-refractivity contribution in [2.45, 2.75) is 64.8 Å². The smallest absolute Gasteiger partial charge is 0.139 e. The average molecular weight is 241 g/mol. The maximum absolute atomic E-state index is 11.7. The molecule has 0 spiro atoms. The molecule has 0 aromatic rings. The molecule has 0 N–H and O–H groups in total. The molecule has 1 aliphatic heterocycles. The number of carbonyl (C=O) groups is 1. The Morgan fingerprint density at radius 2 is 1.75 bits per heavy atom. The van der Waals surface area contributed by atoms with Gasteiger partial charge in [0.15, 0.2) is 0 Å². The normalized spacial score (nSPS) is 21.1. The van der Waals surface area contributed by atoms with E-state index in [-0.39, 0.29) is 0 Å². The monoisotopic (exact) mass is 241 g/mol. The Morgan fingerprint density at radius 1 is 1.12 bits per heavy atom. The predicted octanol–water partition coefficient (Wildman–Crippen LogP) is 3.34. The number of hydrogen-bond donors (Lipinski definition) is 0. The summed E-state index contributed by atoms with van der Waals surface area (Å²) < 4.78 is 0. The average Bonchev–Trinajstić information content (AvgIpc) is 2.23. The fourth-order valence-corrected chi connectivity index (χ4v) is 2.63. The molecule has 1 heterocycles. The zero-order valence-electron chi connectivity index (χ0n) is 10.5. The van der Waals surface area contributed by atoms with Gasteiger partial charge in [-0.25, -0.2) is 0 Å². The minimum atomic E-state index is 0.317. The molecule has 0 unspecified atom stereocenters. The highest BCUT2D eigenvalue weighted by molar-refractivity contribution is 7.80. The van der Waals surface area contributed by atoms with Gasteiger partial charge in [-0.2, -0.15) is 0 Å². The summed E-state index contributed by atoms with van der Waals surface area (Å²) in [4.78, 5) is 14.7. The number of carbonyl (C=O) groups excluding carboxylic acids is 1. The van der Waals surface area contributed by atoms with E-state index in [1.165, 1.54) is 25.7 Å². The molecule has 0 atom stereocenters. The van der Waals surface area contributed by atoms with Crippen LogP contribution in [0, 0.1) is 0 Å². The third-order valence-corrected chi connectivity index (χ3v) is 3.53. The topological polar surface area (TPSA) is 20.3 Å². The summed E-state index contributed by atoms with van der Waals surface area (Å²) in [6.45, 7) is 5.32. The molecule has 1 rings (SSSR count). The molecular weight excluding hydrogens is 218 g/mol. The lowest BCUT2D eigenvalue weighted by molar-refractivity contribution is -0.118. The molecule has 2 nitrogen and oxygen atoms in total. The van der Waals surface area contributed by atoms with Gasteiger partial charge in [0, 0.05) is 19.0 Å². The highest BCUT2D eigenvalue weighted by atomic mass is 32.1. The van der Waals surface area contributed by atoms with E-state index < -0.39 is 0 Å². The Labute approximate surface area is 104 Å². The van der Waals surface area contributed by atoms with Gasteiger partial charge in [0.25, 0.3) is 0 Å². The van der Waals surface area contributed by atoms with Crippen LogP contribution in [0.4, 0.5) is 0 Å². The molecular formula is C13H23NOS. The summed E-state index contributed by atoms with van der Waals surface area (Å²) >= 11 is 5.38. The van der Waals surface area contributed by atoms with Gasteiger partial charge < -0.3 is 4.90 Å². The van der Waals surface area contributed by atoms with Crippen LogP contribution in [-0.4, -0.2) is 28.3 Å². The number of rotatable bonds is 1. The van der Waals surface area contributed by atoms with Crippen molar-refractivity contribution in [3.63, 3.8) is 0 Å². The summed E-state index contributed by atoms with van der Waals surface area (Å²) in [6.07, 6.45) is 7.15. The number of nitrogens with zero attached hydrogens (tertiary/aromatic N) is 1. The van der Waals surface area contributed by atoms with E-state index in [9.17, 15) is 4.79 Å². The molecule has 16 heavy (non-hydrogen) atoms. The Balaban J connectivity index is 2.60. The Bertz CT molecular complexity index is 250. The van der Waals surface area contributed by atoms with Gasteiger partial charge in [0.1, 0.15) is 5.78 Å². The fourth-order valence-electron chi connectivity index (χ4n) is 2.16. The highest BCUT2D eigenvalue weighted by Gasteiger charge is 2.16. The standard InChI is InChI=1S/C13H23NOS/c1-11(2)14-9-7-5-3-4-6-8-12(15)10-13(14)16/h11H,3-10H2,1-2H3. The molecule has 0 saturated carbocycles. The highest BCUT2D eigenvalue weighted by Crippen LogP contribution is 2.13. The van der Waals surface area contributed by atoms with Crippen LogP contribution in [0.25, 0.3) is 0 Å². The van der Waals surface area contributed by atoms with Crippen molar-refractivity contribution >= 4 is 23.0 Å². The lowest BCUT2D eigenvalue weighted by Gasteiger charge is -2.29. The zero-order valence-corrected chi connectivity index (χ0v) is 11.3. The third kappa shape index (κ3) is 4.60. The van der Waals surface area contributed by atoms with E-state index in [1.54, 1.807) is 0 Å². The molecule has 1 saturated heterocycles. The molecule has 1 fully saturated rings. The van der Waals surface area contributed by atoms with Crippen LogP contribution < -0.4 is 0 Å². The molecule has 1 aliphatic rings. The van der Waals surface area contributed by atoms with Crippen molar-refractivity contribution in [1.82, 2.24) is 4.90 Å². The number of hydrogen-bond acceptors (Lipinski definition) is 2. The van der Waals surface area contributed by atoms with Crippen LogP contribution >= 0.6 is 12.2 Å². The second-order valence-corrected chi connectivity index (χ2v) is 5.39. The van der Waals surface area contributed by atoms with E-state index >= 15 is 0 Å².